The van der Waals surface area contributed by atoms with E-state index in [0.29, 0.717) is 46.3 Å². The van der Waals surface area contributed by atoms with Gasteiger partial charge in [0.15, 0.2) is 0 Å². The molecule has 4 aromatic rings. The number of nitrogens with one attached hydrogen (secondary N) is 1. The zero-order valence-corrected chi connectivity index (χ0v) is 21.9. The smallest absolute Gasteiger partial charge is 0.238 e. The van der Waals surface area contributed by atoms with Gasteiger partial charge in [0.1, 0.15) is 28.9 Å². The predicted octanol–water partition coefficient (Wildman–Crippen LogP) is 4.39. The molecule has 5 rings (SSSR count). The number of fused-ring (bicyclic) bond motifs is 1. The van der Waals surface area contributed by atoms with Gasteiger partial charge in [-0.3, -0.25) is 0 Å². The van der Waals surface area contributed by atoms with Gasteiger partial charge < -0.3 is 24.7 Å². The van der Waals surface area contributed by atoms with Crippen molar-refractivity contribution < 1.29 is 22.8 Å². The monoisotopic (exact) mass is 537 g/mol. The number of nitrogen functional groups attached to an aromatic ring is 1. The summed E-state index contributed by atoms with van der Waals surface area (Å²) in [4.78, 5) is 13.6. The average molecular weight is 538 g/mol. The summed E-state index contributed by atoms with van der Waals surface area (Å²) in [6.45, 7) is 3.13. The first-order valence-corrected chi connectivity index (χ1v) is 13.7. The van der Waals surface area contributed by atoms with E-state index in [1.165, 1.54) is 31.4 Å². The lowest BCUT2D eigenvalue weighted by molar-refractivity contribution is 0.0261. The SMILES string of the molecule is C=S(=O)(Nc1cc(-c2cc(OC3CCOCC3)c3nc(N)nc(C)c3c2)cnc1OC)c1ccc(F)cc1. The fourth-order valence-electron chi connectivity index (χ4n) is 4.34. The molecule has 0 radical (unpaired) electrons. The molecule has 198 valence electrons. The second-order valence-electron chi connectivity index (χ2n) is 8.98. The van der Waals surface area contributed by atoms with Gasteiger partial charge in [0, 0.05) is 34.9 Å². The van der Waals surface area contributed by atoms with Crippen molar-refractivity contribution in [3.05, 3.63) is 60.2 Å². The van der Waals surface area contributed by atoms with E-state index < -0.39 is 15.5 Å². The number of rotatable bonds is 7. The van der Waals surface area contributed by atoms with E-state index in [2.05, 4.69) is 25.5 Å². The molecule has 1 saturated heterocycles. The first-order chi connectivity index (χ1) is 18.2. The molecule has 3 N–H and O–H groups in total. The van der Waals surface area contributed by atoms with E-state index >= 15 is 0 Å². The first kappa shape index (κ1) is 25.7. The van der Waals surface area contributed by atoms with Crippen LogP contribution in [0.1, 0.15) is 18.5 Å². The largest absolute Gasteiger partial charge is 0.488 e. The maximum atomic E-state index is 13.4. The van der Waals surface area contributed by atoms with Crippen LogP contribution >= 0.6 is 0 Å². The van der Waals surface area contributed by atoms with Crippen LogP contribution in [0.2, 0.25) is 0 Å². The molecular weight excluding hydrogens is 509 g/mol. The lowest BCUT2D eigenvalue weighted by Crippen LogP contribution is -2.26. The predicted molar refractivity (Wildman–Crippen MR) is 146 cm³/mol. The fraction of sp³-hybridized carbons (Fsp3) is 0.259. The molecule has 1 aliphatic rings. The molecule has 0 spiro atoms. The number of methoxy groups -OCH3 is 1. The van der Waals surface area contributed by atoms with Gasteiger partial charge in [0.05, 0.1) is 35.7 Å². The molecule has 3 heterocycles. The molecule has 0 saturated carbocycles. The summed E-state index contributed by atoms with van der Waals surface area (Å²) in [6, 6.07) is 10.9. The molecule has 1 aliphatic heterocycles. The van der Waals surface area contributed by atoms with E-state index in [1.54, 1.807) is 12.3 Å². The van der Waals surface area contributed by atoms with Gasteiger partial charge in [-0.25, -0.2) is 23.6 Å². The molecule has 2 aromatic heterocycles. The molecule has 0 aliphatic carbocycles. The normalized spacial score (nSPS) is 15.7. The molecule has 9 nitrogen and oxygen atoms in total. The lowest BCUT2D eigenvalue weighted by Gasteiger charge is -2.24. The van der Waals surface area contributed by atoms with E-state index in [-0.39, 0.29) is 17.9 Å². The van der Waals surface area contributed by atoms with Crippen LogP contribution in [-0.4, -0.2) is 51.5 Å². The fourth-order valence-corrected chi connectivity index (χ4v) is 5.53. The summed E-state index contributed by atoms with van der Waals surface area (Å²) in [5, 5.41) is 0.788. The molecule has 1 fully saturated rings. The van der Waals surface area contributed by atoms with E-state index in [4.69, 9.17) is 19.9 Å². The van der Waals surface area contributed by atoms with Crippen molar-refractivity contribution in [3.63, 3.8) is 0 Å². The third-order valence-electron chi connectivity index (χ3n) is 6.28. The molecule has 1 atom stereocenters. The Bertz CT molecular complexity index is 1590. The quantitative estimate of drug-likeness (QED) is 0.333. The van der Waals surface area contributed by atoms with Crippen LogP contribution in [0.4, 0.5) is 16.0 Å². The van der Waals surface area contributed by atoms with Crippen LogP contribution in [0.15, 0.2) is 53.6 Å². The molecule has 1 unspecified atom stereocenters. The van der Waals surface area contributed by atoms with Gasteiger partial charge in [0.2, 0.25) is 11.8 Å². The van der Waals surface area contributed by atoms with Crippen molar-refractivity contribution in [3.8, 4) is 22.8 Å². The van der Waals surface area contributed by atoms with Crippen LogP contribution < -0.4 is 19.9 Å². The number of ether oxygens (including phenoxy) is 3. The number of nitrogens with two attached hydrogens (primary N) is 1. The minimum Gasteiger partial charge on any atom is -0.488 e. The highest BCUT2D eigenvalue weighted by Gasteiger charge is 2.20. The molecule has 38 heavy (non-hydrogen) atoms. The molecule has 2 aromatic carbocycles. The van der Waals surface area contributed by atoms with Gasteiger partial charge in [-0.1, -0.05) is 0 Å². The Kier molecular flexibility index (Phi) is 7.04. The Hall–Kier alpha value is -3.96. The minimum atomic E-state index is -3.04. The highest BCUT2D eigenvalue weighted by molar-refractivity contribution is 8.01. The number of anilines is 2. The second-order valence-corrected chi connectivity index (χ2v) is 11.0. The zero-order chi connectivity index (χ0) is 26.9. The van der Waals surface area contributed by atoms with E-state index in [0.717, 1.165) is 23.8 Å². The molecule has 11 heteroatoms. The molecule has 0 amide bonds. The number of benzene rings is 2. The highest BCUT2D eigenvalue weighted by Crippen LogP contribution is 2.37. The summed E-state index contributed by atoms with van der Waals surface area (Å²) in [5.74, 6) is 4.39. The Morgan fingerprint density at radius 3 is 2.58 bits per heavy atom. The Morgan fingerprint density at radius 2 is 1.87 bits per heavy atom. The number of hydrogen-bond acceptors (Lipinski definition) is 8. The number of pyridine rings is 1. The Labute approximate surface area is 220 Å². The van der Waals surface area contributed by atoms with Crippen molar-refractivity contribution in [2.24, 2.45) is 0 Å². The Balaban J connectivity index is 1.58. The van der Waals surface area contributed by atoms with Crippen LogP contribution in [0.5, 0.6) is 11.6 Å². The number of aromatic nitrogens is 3. The highest BCUT2D eigenvalue weighted by atomic mass is 32.2. The van der Waals surface area contributed by atoms with Crippen LogP contribution in [-0.2, 0) is 14.4 Å². The van der Waals surface area contributed by atoms with Crippen LogP contribution in [0.3, 0.4) is 0 Å². The summed E-state index contributed by atoms with van der Waals surface area (Å²) in [6.07, 6.45) is 3.17. The standard InChI is InChI=1S/C27H28FN5O4S/c1-16-22-12-17(14-24(25(22)32-27(29)31-16)37-20-8-10-36-11-9-20)18-13-23(26(35-2)30-15-18)33-38(3,34)21-6-4-19(28)5-7-21/h4-7,12-15,20H,3,8-11H2,1-2H3,(H,33,34)(H2,29,31,32). The zero-order valence-electron chi connectivity index (χ0n) is 21.1. The van der Waals surface area contributed by atoms with Gasteiger partial charge in [0.25, 0.3) is 0 Å². The second kappa shape index (κ2) is 10.4. The van der Waals surface area contributed by atoms with E-state index in [9.17, 15) is 8.60 Å². The number of halogens is 1. The average Bonchev–Trinajstić information content (AvgIpc) is 2.89. The third-order valence-corrected chi connectivity index (χ3v) is 7.87. The summed E-state index contributed by atoms with van der Waals surface area (Å²) < 4.78 is 47.0. The molecular formula is C27H28FN5O4S. The summed E-state index contributed by atoms with van der Waals surface area (Å²) in [7, 11) is -1.57. The van der Waals surface area contributed by atoms with Gasteiger partial charge in [-0.15, -0.1) is 0 Å². The number of aryl methyl sites for hydroxylation is 1. The summed E-state index contributed by atoms with van der Waals surface area (Å²) >= 11 is 0. The first-order valence-electron chi connectivity index (χ1n) is 12.0. The van der Waals surface area contributed by atoms with E-state index in [1.807, 2.05) is 19.1 Å². The van der Waals surface area contributed by atoms with Crippen molar-refractivity contribution in [1.29, 1.82) is 0 Å². The van der Waals surface area contributed by atoms with Crippen molar-refractivity contribution >= 4 is 38.1 Å². The van der Waals surface area contributed by atoms with Crippen LogP contribution in [0, 0.1) is 12.7 Å². The number of hydrogen-bond donors (Lipinski definition) is 2. The third kappa shape index (κ3) is 5.34. The topological polar surface area (TPSA) is 121 Å². The van der Waals surface area contributed by atoms with Gasteiger partial charge >= 0.3 is 0 Å². The van der Waals surface area contributed by atoms with Crippen molar-refractivity contribution in [2.45, 2.75) is 30.8 Å². The molecule has 0 bridgehead atoms. The van der Waals surface area contributed by atoms with Gasteiger partial charge in [-0.2, -0.15) is 0 Å². The van der Waals surface area contributed by atoms with Crippen molar-refractivity contribution in [2.75, 3.05) is 30.8 Å². The Morgan fingerprint density at radius 1 is 1.13 bits per heavy atom. The minimum absolute atomic E-state index is 0.0172. The lowest BCUT2D eigenvalue weighted by atomic mass is 10.0. The number of nitrogens with zero attached hydrogens (tertiary/aromatic N) is 3. The maximum absolute atomic E-state index is 13.4. The maximum Gasteiger partial charge on any atom is 0.238 e. The van der Waals surface area contributed by atoms with Crippen molar-refractivity contribution in [1.82, 2.24) is 15.0 Å². The van der Waals surface area contributed by atoms with Gasteiger partial charge in [-0.05, 0) is 60.8 Å². The van der Waals surface area contributed by atoms with Crippen LogP contribution in [0.25, 0.3) is 22.0 Å². The summed E-state index contributed by atoms with van der Waals surface area (Å²) in [5.41, 5.74) is 9.15.